The molecule has 51 heavy (non-hydrogen) atoms. The van der Waals surface area contributed by atoms with Gasteiger partial charge in [-0.3, -0.25) is 0 Å². The maximum atomic E-state index is 6.19. The van der Waals surface area contributed by atoms with Gasteiger partial charge in [0, 0.05) is 22.6 Å². The number of nitrogens with zero attached hydrogens (tertiary/aromatic N) is 6. The van der Waals surface area contributed by atoms with Crippen molar-refractivity contribution >= 4 is 51.2 Å². The molecule has 2 aliphatic heterocycles. The minimum Gasteiger partial charge on any atom is -0.453 e. The first-order valence-electron chi connectivity index (χ1n) is 16.9. The lowest BCUT2D eigenvalue weighted by atomic mass is 10.0. The standard InChI is InChI=1S/C44H30N6O/c1-2-12-33(13-3-1)48-37-14-4-6-16-39(37)49(40-17-7-5-15-38(40)48)34-24-22-31(23-25-34)36-30-47(46-45-36)32-26-28-35(29-27-32)50-41-18-8-10-20-43(41)51-44-21-11-9-19-42(44)50/h1-30H. The van der Waals surface area contributed by atoms with Crippen molar-refractivity contribution in [1.82, 2.24) is 15.0 Å². The zero-order chi connectivity index (χ0) is 33.7. The summed E-state index contributed by atoms with van der Waals surface area (Å²) in [6.07, 6.45) is 1.98. The highest BCUT2D eigenvalue weighted by Gasteiger charge is 2.30. The highest BCUT2D eigenvalue weighted by molar-refractivity contribution is 6.01. The van der Waals surface area contributed by atoms with Crippen LogP contribution in [0.25, 0.3) is 16.9 Å². The molecular formula is C44H30N6O. The van der Waals surface area contributed by atoms with Gasteiger partial charge in [-0.05, 0) is 97.1 Å². The summed E-state index contributed by atoms with van der Waals surface area (Å²) in [6.45, 7) is 0. The number of hydrogen-bond donors (Lipinski definition) is 0. The average molecular weight is 659 g/mol. The summed E-state index contributed by atoms with van der Waals surface area (Å²) in [4.78, 5) is 6.89. The van der Waals surface area contributed by atoms with Gasteiger partial charge in [-0.15, -0.1) is 5.10 Å². The molecule has 0 bridgehead atoms. The van der Waals surface area contributed by atoms with Gasteiger partial charge in [-0.2, -0.15) is 0 Å². The molecule has 0 N–H and O–H groups in total. The smallest absolute Gasteiger partial charge is 0.151 e. The Hall–Kier alpha value is -7.12. The van der Waals surface area contributed by atoms with Gasteiger partial charge in [-0.1, -0.05) is 84.1 Å². The van der Waals surface area contributed by atoms with E-state index in [4.69, 9.17) is 4.74 Å². The van der Waals surface area contributed by atoms with E-state index >= 15 is 0 Å². The van der Waals surface area contributed by atoms with Gasteiger partial charge < -0.3 is 19.4 Å². The average Bonchev–Trinajstić information content (AvgIpc) is 3.70. The fourth-order valence-electron chi connectivity index (χ4n) is 7.12. The Balaban J connectivity index is 0.946. The first-order valence-corrected chi connectivity index (χ1v) is 16.9. The van der Waals surface area contributed by atoms with Gasteiger partial charge in [-0.25, -0.2) is 4.68 Å². The second-order valence-corrected chi connectivity index (χ2v) is 12.5. The molecule has 0 unspecified atom stereocenters. The second-order valence-electron chi connectivity index (χ2n) is 12.5. The Kier molecular flexibility index (Phi) is 6.67. The number of anilines is 9. The van der Waals surface area contributed by atoms with E-state index in [1.54, 1.807) is 0 Å². The summed E-state index contributed by atoms with van der Waals surface area (Å²) in [6, 6.07) is 60.8. The molecule has 7 heteroatoms. The van der Waals surface area contributed by atoms with Crippen LogP contribution in [-0.2, 0) is 0 Å². The maximum Gasteiger partial charge on any atom is 0.151 e. The van der Waals surface area contributed by atoms with Crippen molar-refractivity contribution < 1.29 is 4.74 Å². The number of ether oxygens (including phenoxy) is 1. The molecule has 1 aromatic heterocycles. The first kappa shape index (κ1) is 28.9. The zero-order valence-electron chi connectivity index (χ0n) is 27.4. The van der Waals surface area contributed by atoms with Crippen LogP contribution in [0.3, 0.4) is 0 Å². The number of para-hydroxylation sites is 9. The van der Waals surface area contributed by atoms with E-state index in [0.29, 0.717) is 0 Å². The second kappa shape index (κ2) is 11.8. The normalized spacial score (nSPS) is 12.7. The van der Waals surface area contributed by atoms with Gasteiger partial charge >= 0.3 is 0 Å². The molecule has 2 aliphatic rings. The third-order valence-electron chi connectivity index (χ3n) is 9.46. The minimum absolute atomic E-state index is 0.802. The molecule has 0 radical (unpaired) electrons. The quantitative estimate of drug-likeness (QED) is 0.183. The Morgan fingerprint density at radius 1 is 0.353 bits per heavy atom. The lowest BCUT2D eigenvalue weighted by molar-refractivity contribution is 0.477. The SMILES string of the molecule is c1ccc(N2c3ccccc3N(c3ccc(-c4cn(-c5ccc(N6c7ccccc7Oc7ccccc76)cc5)nn4)cc3)c3ccccc32)cc1. The van der Waals surface area contributed by atoms with Crippen molar-refractivity contribution in [1.29, 1.82) is 0 Å². The molecule has 7 aromatic carbocycles. The van der Waals surface area contributed by atoms with E-state index in [1.165, 1.54) is 0 Å². The third-order valence-corrected chi connectivity index (χ3v) is 9.46. The van der Waals surface area contributed by atoms with Gasteiger partial charge in [0.1, 0.15) is 5.69 Å². The Morgan fingerprint density at radius 3 is 1.27 bits per heavy atom. The molecule has 10 rings (SSSR count). The lowest BCUT2D eigenvalue weighted by Crippen LogP contribution is -2.23. The number of rotatable bonds is 5. The monoisotopic (exact) mass is 658 g/mol. The van der Waals surface area contributed by atoms with Gasteiger partial charge in [0.25, 0.3) is 0 Å². The van der Waals surface area contributed by atoms with Crippen LogP contribution in [0.2, 0.25) is 0 Å². The van der Waals surface area contributed by atoms with E-state index in [9.17, 15) is 0 Å². The van der Waals surface area contributed by atoms with Crippen molar-refractivity contribution in [2.75, 3.05) is 14.7 Å². The molecule has 7 nitrogen and oxygen atoms in total. The van der Waals surface area contributed by atoms with Crippen molar-refractivity contribution in [3.63, 3.8) is 0 Å². The Bertz CT molecular complexity index is 2430. The van der Waals surface area contributed by atoms with Crippen molar-refractivity contribution in [3.8, 4) is 28.4 Å². The largest absolute Gasteiger partial charge is 0.453 e. The minimum atomic E-state index is 0.802. The summed E-state index contributed by atoms with van der Waals surface area (Å²) >= 11 is 0. The Morgan fingerprint density at radius 2 is 0.745 bits per heavy atom. The first-order chi connectivity index (χ1) is 25.3. The van der Waals surface area contributed by atoms with E-state index in [-0.39, 0.29) is 0 Å². The van der Waals surface area contributed by atoms with Crippen molar-refractivity contribution in [2.45, 2.75) is 0 Å². The molecule has 0 amide bonds. The molecule has 8 aromatic rings. The van der Waals surface area contributed by atoms with Crippen LogP contribution >= 0.6 is 0 Å². The van der Waals surface area contributed by atoms with Crippen LogP contribution < -0.4 is 19.4 Å². The molecule has 0 atom stereocenters. The molecule has 0 spiro atoms. The highest BCUT2D eigenvalue weighted by atomic mass is 16.5. The topological polar surface area (TPSA) is 49.7 Å². The van der Waals surface area contributed by atoms with E-state index in [0.717, 1.165) is 79.6 Å². The number of aromatic nitrogens is 3. The van der Waals surface area contributed by atoms with Crippen LogP contribution in [-0.4, -0.2) is 15.0 Å². The van der Waals surface area contributed by atoms with Crippen molar-refractivity contribution in [2.24, 2.45) is 0 Å². The predicted octanol–water partition coefficient (Wildman–Crippen LogP) is 11.8. The number of fused-ring (bicyclic) bond motifs is 4. The van der Waals surface area contributed by atoms with Gasteiger partial charge in [0.05, 0.1) is 46.0 Å². The third kappa shape index (κ3) is 4.82. The summed E-state index contributed by atoms with van der Waals surface area (Å²) in [7, 11) is 0. The predicted molar refractivity (Wildman–Crippen MR) is 204 cm³/mol. The number of hydrogen-bond acceptors (Lipinski definition) is 6. The summed E-state index contributed by atoms with van der Waals surface area (Å²) < 4.78 is 8.02. The van der Waals surface area contributed by atoms with Crippen LogP contribution in [0, 0.1) is 0 Å². The van der Waals surface area contributed by atoms with Gasteiger partial charge in [0.15, 0.2) is 11.5 Å². The van der Waals surface area contributed by atoms with E-state index < -0.39 is 0 Å². The Labute approximate surface area is 295 Å². The molecule has 0 aliphatic carbocycles. The van der Waals surface area contributed by atoms with Crippen LogP contribution in [0.1, 0.15) is 0 Å². The molecule has 0 saturated heterocycles. The summed E-state index contributed by atoms with van der Waals surface area (Å²) in [5, 5.41) is 9.06. The van der Waals surface area contributed by atoms with E-state index in [1.807, 2.05) is 47.3 Å². The van der Waals surface area contributed by atoms with Crippen molar-refractivity contribution in [3.05, 3.63) is 182 Å². The van der Waals surface area contributed by atoms with Gasteiger partial charge in [0.2, 0.25) is 0 Å². The van der Waals surface area contributed by atoms with Crippen LogP contribution in [0.15, 0.2) is 182 Å². The molecular weight excluding hydrogens is 629 g/mol. The fraction of sp³-hybridized carbons (Fsp3) is 0. The highest BCUT2D eigenvalue weighted by Crippen LogP contribution is 2.54. The van der Waals surface area contributed by atoms with Crippen LogP contribution in [0.5, 0.6) is 11.5 Å². The van der Waals surface area contributed by atoms with Crippen LogP contribution in [0.4, 0.5) is 51.2 Å². The fourth-order valence-corrected chi connectivity index (χ4v) is 7.12. The lowest BCUT2D eigenvalue weighted by Gasteiger charge is -2.40. The molecule has 0 saturated carbocycles. The molecule has 242 valence electrons. The van der Waals surface area contributed by atoms with E-state index in [2.05, 4.69) is 165 Å². The maximum absolute atomic E-state index is 6.19. The summed E-state index contributed by atoms with van der Waals surface area (Å²) in [5.74, 6) is 1.66. The zero-order valence-corrected chi connectivity index (χ0v) is 27.4. The summed E-state index contributed by atoms with van der Waals surface area (Å²) in [5.41, 5.74) is 12.4. The molecule has 0 fully saturated rings. The number of benzene rings is 7. The molecule has 3 heterocycles.